The minimum Gasteiger partial charge on any atom is -0.337 e. The van der Waals surface area contributed by atoms with Gasteiger partial charge in [-0.1, -0.05) is 23.7 Å². The van der Waals surface area contributed by atoms with Gasteiger partial charge in [0.2, 0.25) is 0 Å². The van der Waals surface area contributed by atoms with Crippen molar-refractivity contribution in [3.8, 4) is 5.69 Å². The molecule has 5 nitrogen and oxygen atoms in total. The molecule has 0 spiro atoms. The van der Waals surface area contributed by atoms with Crippen molar-refractivity contribution in [1.82, 2.24) is 19.7 Å². The van der Waals surface area contributed by atoms with Gasteiger partial charge in [0.15, 0.2) is 0 Å². The average molecular weight is 327 g/mol. The fourth-order valence-corrected chi connectivity index (χ4v) is 2.38. The van der Waals surface area contributed by atoms with Gasteiger partial charge >= 0.3 is 0 Å². The second-order valence-corrected chi connectivity index (χ2v) is 5.61. The van der Waals surface area contributed by atoms with Crippen LogP contribution in [0.25, 0.3) is 5.69 Å². The van der Waals surface area contributed by atoms with Crippen LogP contribution in [0.5, 0.6) is 0 Å². The van der Waals surface area contributed by atoms with E-state index in [0.717, 1.165) is 11.3 Å². The van der Waals surface area contributed by atoms with E-state index in [2.05, 4.69) is 10.1 Å². The predicted molar refractivity (Wildman–Crippen MR) is 88.6 cm³/mol. The van der Waals surface area contributed by atoms with Crippen molar-refractivity contribution in [2.75, 3.05) is 7.05 Å². The molecule has 1 amide bonds. The Labute approximate surface area is 139 Å². The van der Waals surface area contributed by atoms with Crippen LogP contribution in [0.15, 0.2) is 61.2 Å². The summed E-state index contributed by atoms with van der Waals surface area (Å²) in [7, 11) is 1.78. The maximum Gasteiger partial charge on any atom is 0.253 e. The third-order valence-corrected chi connectivity index (χ3v) is 3.73. The summed E-state index contributed by atoms with van der Waals surface area (Å²) < 4.78 is 1.64. The van der Waals surface area contributed by atoms with Crippen LogP contribution >= 0.6 is 11.6 Å². The molecule has 0 aliphatic carbocycles. The van der Waals surface area contributed by atoms with E-state index in [0.29, 0.717) is 17.1 Å². The van der Waals surface area contributed by atoms with Crippen LogP contribution in [0.1, 0.15) is 15.9 Å². The molecule has 3 aromatic rings. The van der Waals surface area contributed by atoms with E-state index in [4.69, 9.17) is 11.6 Å². The first-order valence-corrected chi connectivity index (χ1v) is 7.46. The lowest BCUT2D eigenvalue weighted by Gasteiger charge is -2.17. The minimum atomic E-state index is -0.0370. The van der Waals surface area contributed by atoms with Crippen molar-refractivity contribution < 1.29 is 4.79 Å². The first-order valence-electron chi connectivity index (χ1n) is 7.08. The molecule has 1 heterocycles. The number of aromatic nitrogens is 3. The Morgan fingerprint density at radius 1 is 1.13 bits per heavy atom. The van der Waals surface area contributed by atoms with Gasteiger partial charge < -0.3 is 4.90 Å². The lowest BCUT2D eigenvalue weighted by atomic mass is 10.1. The summed E-state index contributed by atoms with van der Waals surface area (Å²) in [6, 6.07) is 14.7. The summed E-state index contributed by atoms with van der Waals surface area (Å²) >= 11 is 5.87. The van der Waals surface area contributed by atoms with Gasteiger partial charge in [-0.15, -0.1) is 0 Å². The Morgan fingerprint density at radius 3 is 2.43 bits per heavy atom. The zero-order chi connectivity index (χ0) is 16.2. The van der Waals surface area contributed by atoms with E-state index >= 15 is 0 Å². The van der Waals surface area contributed by atoms with Crippen molar-refractivity contribution in [2.24, 2.45) is 0 Å². The van der Waals surface area contributed by atoms with Gasteiger partial charge in [-0.3, -0.25) is 4.79 Å². The number of nitrogens with zero attached hydrogens (tertiary/aromatic N) is 4. The molecule has 0 atom stereocenters. The van der Waals surface area contributed by atoms with Crippen LogP contribution in [0.2, 0.25) is 5.02 Å². The van der Waals surface area contributed by atoms with Crippen molar-refractivity contribution in [3.63, 3.8) is 0 Å². The molecule has 0 N–H and O–H groups in total. The van der Waals surface area contributed by atoms with Crippen LogP contribution in [-0.2, 0) is 6.54 Å². The Kier molecular flexibility index (Phi) is 4.39. The van der Waals surface area contributed by atoms with Crippen molar-refractivity contribution in [1.29, 1.82) is 0 Å². The summed E-state index contributed by atoms with van der Waals surface area (Å²) in [4.78, 5) is 18.1. The molecule has 23 heavy (non-hydrogen) atoms. The number of carbonyl (C=O) groups excluding carboxylic acids is 1. The van der Waals surface area contributed by atoms with E-state index in [9.17, 15) is 4.79 Å². The lowest BCUT2D eigenvalue weighted by molar-refractivity contribution is 0.0785. The number of hydrogen-bond acceptors (Lipinski definition) is 3. The molecule has 116 valence electrons. The topological polar surface area (TPSA) is 51.0 Å². The Hall–Kier alpha value is -2.66. The molecule has 0 unspecified atom stereocenters. The van der Waals surface area contributed by atoms with Crippen LogP contribution < -0.4 is 0 Å². The van der Waals surface area contributed by atoms with Gasteiger partial charge in [0.1, 0.15) is 12.7 Å². The summed E-state index contributed by atoms with van der Waals surface area (Å²) in [5, 5.41) is 4.74. The maximum absolute atomic E-state index is 12.5. The van der Waals surface area contributed by atoms with Gasteiger partial charge in [-0.25, -0.2) is 9.67 Å². The van der Waals surface area contributed by atoms with Gasteiger partial charge in [0, 0.05) is 24.2 Å². The fourth-order valence-electron chi connectivity index (χ4n) is 2.25. The number of hydrogen-bond donors (Lipinski definition) is 0. The van der Waals surface area contributed by atoms with E-state index in [1.807, 2.05) is 36.4 Å². The molecule has 3 rings (SSSR count). The van der Waals surface area contributed by atoms with Crippen molar-refractivity contribution in [2.45, 2.75) is 6.54 Å². The second-order valence-electron chi connectivity index (χ2n) is 5.17. The maximum atomic E-state index is 12.5. The summed E-state index contributed by atoms with van der Waals surface area (Å²) in [5.74, 6) is -0.0370. The third kappa shape index (κ3) is 3.57. The molecule has 6 heteroatoms. The largest absolute Gasteiger partial charge is 0.337 e. The Bertz CT molecular complexity index is 782. The van der Waals surface area contributed by atoms with Crippen molar-refractivity contribution in [3.05, 3.63) is 77.3 Å². The molecule has 2 aromatic carbocycles. The summed E-state index contributed by atoms with van der Waals surface area (Å²) in [5.41, 5.74) is 2.52. The van der Waals surface area contributed by atoms with E-state index in [-0.39, 0.29) is 5.91 Å². The van der Waals surface area contributed by atoms with Crippen LogP contribution in [-0.4, -0.2) is 32.6 Å². The molecular weight excluding hydrogens is 312 g/mol. The summed E-state index contributed by atoms with van der Waals surface area (Å²) in [6.07, 6.45) is 3.09. The third-order valence-electron chi connectivity index (χ3n) is 3.48. The van der Waals surface area contributed by atoms with Crippen LogP contribution in [0.4, 0.5) is 0 Å². The van der Waals surface area contributed by atoms with E-state index < -0.39 is 0 Å². The van der Waals surface area contributed by atoms with Gasteiger partial charge in [-0.2, -0.15) is 5.10 Å². The molecule has 0 aliphatic heterocycles. The van der Waals surface area contributed by atoms with E-state index in [1.165, 1.54) is 6.33 Å². The number of carbonyl (C=O) groups is 1. The Morgan fingerprint density at radius 2 is 1.83 bits per heavy atom. The van der Waals surface area contributed by atoms with Crippen LogP contribution in [0, 0.1) is 0 Å². The molecule has 0 radical (unpaired) electrons. The van der Waals surface area contributed by atoms with Crippen molar-refractivity contribution >= 4 is 17.5 Å². The molecule has 0 aliphatic rings. The number of halogens is 1. The zero-order valence-corrected chi connectivity index (χ0v) is 13.3. The van der Waals surface area contributed by atoms with Crippen LogP contribution in [0.3, 0.4) is 0 Å². The average Bonchev–Trinajstić information content (AvgIpc) is 3.11. The minimum absolute atomic E-state index is 0.0370. The highest BCUT2D eigenvalue weighted by atomic mass is 35.5. The summed E-state index contributed by atoms with van der Waals surface area (Å²) in [6.45, 7) is 0.529. The Balaban J connectivity index is 1.70. The molecular formula is C17H15ClN4O. The SMILES string of the molecule is CN(Cc1ccc(Cl)cc1)C(=O)c1ccc(-n2cncn2)cc1. The van der Waals surface area contributed by atoms with Gasteiger partial charge in [-0.05, 0) is 42.0 Å². The fraction of sp³-hybridized carbons (Fsp3) is 0.118. The highest BCUT2D eigenvalue weighted by Gasteiger charge is 2.12. The number of amides is 1. The quantitative estimate of drug-likeness (QED) is 0.740. The molecule has 0 bridgehead atoms. The lowest BCUT2D eigenvalue weighted by Crippen LogP contribution is -2.26. The normalized spacial score (nSPS) is 10.5. The zero-order valence-electron chi connectivity index (χ0n) is 12.6. The number of benzene rings is 2. The second kappa shape index (κ2) is 6.62. The molecule has 0 fully saturated rings. The molecule has 0 saturated carbocycles. The predicted octanol–water partition coefficient (Wildman–Crippen LogP) is 3.19. The van der Waals surface area contributed by atoms with Gasteiger partial charge in [0.25, 0.3) is 5.91 Å². The number of rotatable bonds is 4. The first kappa shape index (κ1) is 15.2. The van der Waals surface area contributed by atoms with E-state index in [1.54, 1.807) is 35.1 Å². The highest BCUT2D eigenvalue weighted by Crippen LogP contribution is 2.14. The highest BCUT2D eigenvalue weighted by molar-refractivity contribution is 6.30. The van der Waals surface area contributed by atoms with Gasteiger partial charge in [0.05, 0.1) is 5.69 Å². The monoisotopic (exact) mass is 326 g/mol. The first-order chi connectivity index (χ1) is 11.1. The molecule has 0 saturated heterocycles. The smallest absolute Gasteiger partial charge is 0.253 e. The molecule has 1 aromatic heterocycles. The standard InChI is InChI=1S/C17H15ClN4O/c1-21(10-13-2-6-15(18)7-3-13)17(23)14-4-8-16(9-5-14)22-12-19-11-20-22/h2-9,11-12H,10H2,1H3.